The molecule has 1 aromatic carbocycles. The number of carbonyl (C=O) groups is 2. The highest BCUT2D eigenvalue weighted by Crippen LogP contribution is 2.35. The van der Waals surface area contributed by atoms with Crippen LogP contribution in [-0.2, 0) is 6.18 Å². The molecule has 5 rings (SSSR count). The molecule has 3 amide bonds. The average Bonchev–Trinajstić information content (AvgIpc) is 3.46. The summed E-state index contributed by atoms with van der Waals surface area (Å²) in [7, 11) is 1.57. The molecular formula is C28H32F4N8O3. The maximum Gasteiger partial charge on any atom is 0.437 e. The molecule has 43 heavy (non-hydrogen) atoms. The lowest BCUT2D eigenvalue weighted by atomic mass is 9.95. The predicted molar refractivity (Wildman–Crippen MR) is 151 cm³/mol. The Morgan fingerprint density at radius 2 is 1.72 bits per heavy atom. The Balaban J connectivity index is 1.21. The van der Waals surface area contributed by atoms with Crippen LogP contribution < -0.4 is 26.0 Å². The molecule has 2 fully saturated rings. The van der Waals surface area contributed by atoms with Gasteiger partial charge in [-0.25, -0.2) is 19.6 Å². The number of nitrogens with one attached hydrogen (secondary N) is 3. The summed E-state index contributed by atoms with van der Waals surface area (Å²) in [5.74, 6) is -2.01. The lowest BCUT2D eigenvalue weighted by molar-refractivity contribution is -0.141. The van der Waals surface area contributed by atoms with E-state index in [1.165, 1.54) is 35.5 Å². The molecule has 11 nitrogen and oxygen atoms in total. The van der Waals surface area contributed by atoms with Gasteiger partial charge in [0.05, 0.1) is 23.6 Å². The Bertz CT molecular complexity index is 1420. The van der Waals surface area contributed by atoms with E-state index in [0.29, 0.717) is 32.0 Å². The van der Waals surface area contributed by atoms with Gasteiger partial charge < -0.3 is 24.9 Å². The number of halogens is 4. The number of alkyl halides is 3. The zero-order chi connectivity index (χ0) is 30.6. The molecule has 3 N–H and O–H groups in total. The molecule has 3 aromatic rings. The first-order chi connectivity index (χ1) is 20.6. The topological polar surface area (TPSA) is 119 Å². The molecule has 0 spiro atoms. The SMILES string of the molecule is CNN(c1nc(C(F)(F)F)c(C(=O)Nc2ccc(N3CCN(C(=O)Nc4ccccc4F)CC3)nc2)o1)C1CCCCC1. The quantitative estimate of drug-likeness (QED) is 0.252. The summed E-state index contributed by atoms with van der Waals surface area (Å²) in [6.07, 6.45) is 0.880. The number of piperazine rings is 1. The summed E-state index contributed by atoms with van der Waals surface area (Å²) in [5.41, 5.74) is 1.71. The van der Waals surface area contributed by atoms with Crippen LogP contribution in [0, 0.1) is 5.82 Å². The van der Waals surface area contributed by atoms with Crippen LogP contribution in [-0.4, -0.2) is 66.1 Å². The van der Waals surface area contributed by atoms with Gasteiger partial charge in [0, 0.05) is 33.2 Å². The molecule has 0 bridgehead atoms. The normalized spacial score (nSPS) is 16.2. The molecule has 1 saturated heterocycles. The molecule has 0 unspecified atom stereocenters. The Hall–Kier alpha value is -4.40. The van der Waals surface area contributed by atoms with Crippen molar-refractivity contribution < 1.29 is 31.6 Å². The maximum atomic E-state index is 13.9. The lowest BCUT2D eigenvalue weighted by Gasteiger charge is -2.35. The van der Waals surface area contributed by atoms with E-state index in [0.717, 1.165) is 32.1 Å². The third-order valence-electron chi connectivity index (χ3n) is 7.49. The largest absolute Gasteiger partial charge is 0.437 e. The van der Waals surface area contributed by atoms with Gasteiger partial charge in [-0.1, -0.05) is 31.4 Å². The standard InChI is InChI=1S/C28H32F4N8O3/c1-33-40(19-7-3-2-4-8-19)27-37-24(28(30,31)32)23(43-27)25(41)35-18-11-12-22(34-17-18)38-13-15-39(16-14-38)26(42)36-21-10-6-5-9-20(21)29/h5-6,9-12,17,19,33H,2-4,7-8,13-16H2,1H3,(H,35,41)(H,36,42). The summed E-state index contributed by atoms with van der Waals surface area (Å²) >= 11 is 0. The van der Waals surface area contributed by atoms with E-state index in [-0.39, 0.29) is 23.4 Å². The number of hydrazine groups is 1. The van der Waals surface area contributed by atoms with E-state index in [9.17, 15) is 27.2 Å². The zero-order valence-electron chi connectivity index (χ0n) is 23.5. The minimum absolute atomic E-state index is 0.0988. The summed E-state index contributed by atoms with van der Waals surface area (Å²) in [6.45, 7) is 1.61. The van der Waals surface area contributed by atoms with Gasteiger partial charge in [-0.2, -0.15) is 18.2 Å². The second-order valence-corrected chi connectivity index (χ2v) is 10.3. The first-order valence-electron chi connectivity index (χ1n) is 14.0. The summed E-state index contributed by atoms with van der Waals surface area (Å²) in [4.78, 5) is 36.9. The number of urea groups is 1. The number of pyridine rings is 1. The van der Waals surface area contributed by atoms with E-state index in [4.69, 9.17) is 4.42 Å². The number of anilines is 4. The Morgan fingerprint density at radius 1 is 1.00 bits per heavy atom. The van der Waals surface area contributed by atoms with Gasteiger partial charge in [0.25, 0.3) is 5.91 Å². The van der Waals surface area contributed by atoms with Crippen LogP contribution in [0.5, 0.6) is 0 Å². The first kappa shape index (κ1) is 30.1. The number of hydrogen-bond acceptors (Lipinski definition) is 8. The van der Waals surface area contributed by atoms with Crippen molar-refractivity contribution in [2.24, 2.45) is 0 Å². The van der Waals surface area contributed by atoms with Crippen LogP contribution in [0.4, 0.5) is 45.6 Å². The highest BCUT2D eigenvalue weighted by molar-refractivity contribution is 6.03. The van der Waals surface area contributed by atoms with E-state index in [1.54, 1.807) is 24.1 Å². The van der Waals surface area contributed by atoms with Crippen LogP contribution in [0.15, 0.2) is 47.0 Å². The molecule has 0 radical (unpaired) electrons. The molecule has 1 aliphatic carbocycles. The van der Waals surface area contributed by atoms with E-state index in [1.807, 2.05) is 4.90 Å². The van der Waals surface area contributed by atoms with Gasteiger partial charge in [0.15, 0.2) is 5.69 Å². The second-order valence-electron chi connectivity index (χ2n) is 10.3. The molecule has 3 heterocycles. The van der Waals surface area contributed by atoms with Crippen LogP contribution >= 0.6 is 0 Å². The van der Waals surface area contributed by atoms with Crippen molar-refractivity contribution >= 4 is 35.1 Å². The van der Waals surface area contributed by atoms with E-state index < -0.39 is 35.4 Å². The van der Waals surface area contributed by atoms with E-state index >= 15 is 0 Å². The van der Waals surface area contributed by atoms with Crippen molar-refractivity contribution in [2.45, 2.75) is 44.3 Å². The third kappa shape index (κ3) is 6.98. The highest BCUT2D eigenvalue weighted by Gasteiger charge is 2.42. The monoisotopic (exact) mass is 604 g/mol. The fraction of sp³-hybridized carbons (Fsp3) is 0.429. The van der Waals surface area contributed by atoms with Gasteiger partial charge in [-0.3, -0.25) is 9.80 Å². The highest BCUT2D eigenvalue weighted by atomic mass is 19.4. The number of carbonyl (C=O) groups excluding carboxylic acids is 2. The van der Waals surface area contributed by atoms with Crippen LogP contribution in [0.25, 0.3) is 0 Å². The molecule has 1 saturated carbocycles. The molecular weight excluding hydrogens is 572 g/mol. The number of benzene rings is 1. The van der Waals surface area contributed by atoms with Crippen molar-refractivity contribution in [2.75, 3.05) is 53.8 Å². The second kappa shape index (κ2) is 12.9. The smallest absolute Gasteiger partial charge is 0.417 e. The van der Waals surface area contributed by atoms with Crippen molar-refractivity contribution in [3.05, 3.63) is 59.9 Å². The minimum Gasteiger partial charge on any atom is -0.417 e. The number of oxazole rings is 1. The minimum atomic E-state index is -4.91. The van der Waals surface area contributed by atoms with Gasteiger partial charge >= 0.3 is 18.2 Å². The number of para-hydroxylation sites is 1. The first-order valence-corrected chi connectivity index (χ1v) is 14.0. The van der Waals surface area contributed by atoms with Gasteiger partial charge in [-0.15, -0.1) is 0 Å². The Kier molecular flexibility index (Phi) is 8.99. The number of rotatable bonds is 7. The number of aromatic nitrogens is 2. The molecule has 230 valence electrons. The number of amides is 3. The zero-order valence-corrected chi connectivity index (χ0v) is 23.5. The molecule has 0 atom stereocenters. The predicted octanol–water partition coefficient (Wildman–Crippen LogP) is 5.11. The van der Waals surface area contributed by atoms with E-state index in [2.05, 4.69) is 26.0 Å². The average molecular weight is 605 g/mol. The van der Waals surface area contributed by atoms with Crippen molar-refractivity contribution in [3.63, 3.8) is 0 Å². The van der Waals surface area contributed by atoms with Crippen molar-refractivity contribution in [3.8, 4) is 0 Å². The van der Waals surface area contributed by atoms with Crippen LogP contribution in [0.3, 0.4) is 0 Å². The number of hydrogen-bond donors (Lipinski definition) is 3. The molecule has 15 heteroatoms. The van der Waals surface area contributed by atoms with Crippen LogP contribution in [0.2, 0.25) is 0 Å². The van der Waals surface area contributed by atoms with Gasteiger partial charge in [0.2, 0.25) is 5.76 Å². The molecule has 2 aromatic heterocycles. The lowest BCUT2D eigenvalue weighted by Crippen LogP contribution is -2.50. The van der Waals surface area contributed by atoms with Gasteiger partial charge in [0.1, 0.15) is 11.6 Å². The number of nitrogens with zero attached hydrogens (tertiary/aromatic N) is 5. The fourth-order valence-corrected chi connectivity index (χ4v) is 5.26. The van der Waals surface area contributed by atoms with Crippen LogP contribution in [0.1, 0.15) is 48.4 Å². The summed E-state index contributed by atoms with van der Waals surface area (Å²) < 4.78 is 60.8. The fourth-order valence-electron chi connectivity index (χ4n) is 5.26. The third-order valence-corrected chi connectivity index (χ3v) is 7.49. The molecule has 1 aliphatic heterocycles. The summed E-state index contributed by atoms with van der Waals surface area (Å²) in [5, 5.41) is 6.43. The Morgan fingerprint density at radius 3 is 2.35 bits per heavy atom. The maximum absolute atomic E-state index is 13.9. The molecule has 2 aliphatic rings. The Labute approximate surface area is 245 Å². The summed E-state index contributed by atoms with van der Waals surface area (Å²) in [6, 6.07) is 8.20. The van der Waals surface area contributed by atoms with Crippen molar-refractivity contribution in [1.29, 1.82) is 0 Å². The van der Waals surface area contributed by atoms with Gasteiger partial charge in [-0.05, 0) is 37.1 Å². The van der Waals surface area contributed by atoms with Crippen molar-refractivity contribution in [1.82, 2.24) is 20.3 Å².